The molecular formula is C8H12NO5-. The minimum atomic E-state index is -1.42. The maximum atomic E-state index is 10.9. The number of carbonyl (C=O) groups excluding carboxylic acids is 2. The molecule has 0 rings (SSSR count). The van der Waals surface area contributed by atoms with E-state index >= 15 is 0 Å². The van der Waals surface area contributed by atoms with Gasteiger partial charge >= 0.3 is 0 Å². The second-order valence-electron chi connectivity index (χ2n) is 2.30. The molecule has 0 radical (unpaired) electrons. The van der Waals surface area contributed by atoms with Gasteiger partial charge in [0, 0.05) is 20.3 Å². The summed E-state index contributed by atoms with van der Waals surface area (Å²) in [5, 5.41) is 12.3. The van der Waals surface area contributed by atoms with Crippen LogP contribution in [-0.2, 0) is 19.1 Å². The van der Waals surface area contributed by atoms with Crippen molar-refractivity contribution in [1.29, 1.82) is 0 Å². The Kier molecular flexibility index (Phi) is 6.34. The van der Waals surface area contributed by atoms with Crippen LogP contribution in [0.2, 0.25) is 0 Å². The third-order valence-corrected chi connectivity index (χ3v) is 1.34. The molecule has 1 N–H and O–H groups in total. The Balaban J connectivity index is 3.78. The lowest BCUT2D eigenvalue weighted by Gasteiger charge is -2.12. The molecule has 0 aliphatic carbocycles. The summed E-state index contributed by atoms with van der Waals surface area (Å²) < 4.78 is 9.57. The van der Waals surface area contributed by atoms with Crippen LogP contribution in [0.3, 0.4) is 0 Å². The average molecular weight is 202 g/mol. The number of aliphatic carboxylic acids is 1. The molecule has 0 aromatic carbocycles. The van der Waals surface area contributed by atoms with Gasteiger partial charge < -0.3 is 24.7 Å². The summed E-state index contributed by atoms with van der Waals surface area (Å²) in [5.41, 5.74) is 0. The predicted molar refractivity (Wildman–Crippen MR) is 45.0 cm³/mol. The number of ether oxygens (including phenoxy) is 2. The fourth-order valence-electron chi connectivity index (χ4n) is 0.649. The van der Waals surface area contributed by atoms with Crippen LogP contribution in [0, 0.1) is 0 Å². The van der Waals surface area contributed by atoms with Gasteiger partial charge in [-0.25, -0.2) is 0 Å². The van der Waals surface area contributed by atoms with Crippen molar-refractivity contribution in [1.82, 2.24) is 5.32 Å². The van der Waals surface area contributed by atoms with Gasteiger partial charge in [-0.05, 0) is 6.08 Å². The molecule has 6 heteroatoms. The van der Waals surface area contributed by atoms with Gasteiger partial charge in [-0.1, -0.05) is 0 Å². The van der Waals surface area contributed by atoms with Crippen molar-refractivity contribution in [3.8, 4) is 0 Å². The molecule has 0 aromatic rings. The number of nitrogens with one attached hydrogen (secondary N) is 1. The van der Waals surface area contributed by atoms with E-state index < -0.39 is 18.2 Å². The van der Waals surface area contributed by atoms with Gasteiger partial charge in [0.05, 0.1) is 12.5 Å². The van der Waals surface area contributed by atoms with E-state index in [1.54, 1.807) is 0 Å². The number of carboxylic acids is 1. The van der Waals surface area contributed by atoms with Crippen LogP contribution in [0.15, 0.2) is 12.2 Å². The monoisotopic (exact) mass is 202 g/mol. The Morgan fingerprint density at radius 2 is 1.93 bits per heavy atom. The molecule has 14 heavy (non-hydrogen) atoms. The zero-order valence-electron chi connectivity index (χ0n) is 7.98. The Morgan fingerprint density at radius 1 is 1.36 bits per heavy atom. The van der Waals surface area contributed by atoms with E-state index in [-0.39, 0.29) is 6.54 Å². The first-order chi connectivity index (χ1) is 6.60. The second kappa shape index (κ2) is 7.05. The third kappa shape index (κ3) is 6.15. The van der Waals surface area contributed by atoms with Crippen molar-refractivity contribution < 1.29 is 24.2 Å². The van der Waals surface area contributed by atoms with Crippen molar-refractivity contribution in [3.63, 3.8) is 0 Å². The molecule has 6 nitrogen and oxygen atoms in total. The number of amides is 1. The molecule has 0 aliphatic rings. The van der Waals surface area contributed by atoms with Crippen LogP contribution >= 0.6 is 0 Å². The highest BCUT2D eigenvalue weighted by atomic mass is 16.7. The number of rotatable bonds is 6. The minimum absolute atomic E-state index is 0.142. The van der Waals surface area contributed by atoms with Crippen LogP contribution in [0.1, 0.15) is 0 Å². The molecule has 0 heterocycles. The summed E-state index contributed by atoms with van der Waals surface area (Å²) in [6.07, 6.45) is 0.956. The number of methoxy groups -OCH3 is 2. The second-order valence-corrected chi connectivity index (χ2v) is 2.30. The van der Waals surface area contributed by atoms with Crippen LogP contribution in [-0.4, -0.2) is 38.9 Å². The van der Waals surface area contributed by atoms with E-state index in [2.05, 4.69) is 5.32 Å². The van der Waals surface area contributed by atoms with E-state index in [9.17, 15) is 14.7 Å². The fourth-order valence-corrected chi connectivity index (χ4v) is 0.649. The van der Waals surface area contributed by atoms with Crippen molar-refractivity contribution in [3.05, 3.63) is 12.2 Å². The van der Waals surface area contributed by atoms with Gasteiger partial charge in [-0.3, -0.25) is 4.79 Å². The van der Waals surface area contributed by atoms with E-state index in [1.807, 2.05) is 0 Å². The van der Waals surface area contributed by atoms with Crippen LogP contribution in [0.4, 0.5) is 0 Å². The zero-order valence-corrected chi connectivity index (χ0v) is 7.98. The molecule has 0 aliphatic heterocycles. The fraction of sp³-hybridized carbons (Fsp3) is 0.500. The van der Waals surface area contributed by atoms with E-state index in [1.165, 1.54) is 14.2 Å². The molecular weight excluding hydrogens is 190 g/mol. The Morgan fingerprint density at radius 3 is 2.36 bits per heavy atom. The lowest BCUT2D eigenvalue weighted by atomic mass is 10.4. The first-order valence-electron chi connectivity index (χ1n) is 3.82. The van der Waals surface area contributed by atoms with Crippen LogP contribution in [0.5, 0.6) is 0 Å². The lowest BCUT2D eigenvalue weighted by molar-refractivity contribution is -0.297. The van der Waals surface area contributed by atoms with Crippen molar-refractivity contribution >= 4 is 11.9 Å². The lowest BCUT2D eigenvalue weighted by Crippen LogP contribution is -2.33. The highest BCUT2D eigenvalue weighted by Gasteiger charge is 2.05. The zero-order chi connectivity index (χ0) is 11.0. The summed E-state index contributed by atoms with van der Waals surface area (Å²) in [4.78, 5) is 20.8. The van der Waals surface area contributed by atoms with E-state index in [0.29, 0.717) is 6.08 Å². The number of hydrogen-bond donors (Lipinski definition) is 1. The van der Waals surface area contributed by atoms with Gasteiger partial charge in [-0.15, -0.1) is 0 Å². The SMILES string of the molecule is COC(CNC(=O)C=CC(=O)[O-])OC. The molecule has 0 saturated carbocycles. The average Bonchev–Trinajstić information content (AvgIpc) is 2.16. The molecule has 80 valence electrons. The smallest absolute Gasteiger partial charge is 0.244 e. The standard InChI is InChI=1S/C8H13NO5/c1-13-8(14-2)5-9-6(10)3-4-7(11)12/h3-4,8H,5H2,1-2H3,(H,9,10)(H,11,12)/p-1. The van der Waals surface area contributed by atoms with Gasteiger partial charge in [-0.2, -0.15) is 0 Å². The maximum absolute atomic E-state index is 10.9. The predicted octanol–water partition coefficient (Wildman–Crippen LogP) is -1.97. The number of carboxylic acid groups (broad SMARTS) is 1. The van der Waals surface area contributed by atoms with E-state index in [0.717, 1.165) is 6.08 Å². The van der Waals surface area contributed by atoms with E-state index in [4.69, 9.17) is 9.47 Å². The Bertz CT molecular complexity index is 222. The summed E-state index contributed by atoms with van der Waals surface area (Å²) in [5.74, 6) is -1.97. The molecule has 0 atom stereocenters. The molecule has 0 fully saturated rings. The third-order valence-electron chi connectivity index (χ3n) is 1.34. The Hall–Kier alpha value is -1.40. The Labute approximate surface area is 81.5 Å². The molecule has 0 aromatic heterocycles. The highest BCUT2D eigenvalue weighted by molar-refractivity contribution is 5.93. The van der Waals surface area contributed by atoms with Gasteiger partial charge in [0.15, 0.2) is 6.29 Å². The summed E-state index contributed by atoms with van der Waals surface area (Å²) >= 11 is 0. The van der Waals surface area contributed by atoms with Gasteiger partial charge in [0.1, 0.15) is 0 Å². The quantitative estimate of drug-likeness (QED) is 0.398. The van der Waals surface area contributed by atoms with Gasteiger partial charge in [0.2, 0.25) is 5.91 Å². The first kappa shape index (κ1) is 12.6. The maximum Gasteiger partial charge on any atom is 0.244 e. The molecule has 0 spiro atoms. The van der Waals surface area contributed by atoms with Crippen LogP contribution < -0.4 is 10.4 Å². The molecule has 0 unspecified atom stereocenters. The van der Waals surface area contributed by atoms with Crippen LogP contribution in [0.25, 0.3) is 0 Å². The van der Waals surface area contributed by atoms with Crippen molar-refractivity contribution in [2.45, 2.75) is 6.29 Å². The molecule has 0 saturated heterocycles. The topological polar surface area (TPSA) is 87.7 Å². The van der Waals surface area contributed by atoms with Gasteiger partial charge in [0.25, 0.3) is 0 Å². The van der Waals surface area contributed by atoms with Crippen molar-refractivity contribution in [2.75, 3.05) is 20.8 Å². The highest BCUT2D eigenvalue weighted by Crippen LogP contribution is 1.87. The summed E-state index contributed by atoms with van der Waals surface area (Å²) in [6.45, 7) is 0.142. The normalized spacial score (nSPS) is 10.8. The minimum Gasteiger partial charge on any atom is -0.545 e. The first-order valence-corrected chi connectivity index (χ1v) is 3.82. The summed E-state index contributed by atoms with van der Waals surface area (Å²) in [6, 6.07) is 0. The largest absolute Gasteiger partial charge is 0.545 e. The van der Waals surface area contributed by atoms with Crippen molar-refractivity contribution in [2.24, 2.45) is 0 Å². The number of carbonyl (C=O) groups is 2. The summed E-state index contributed by atoms with van der Waals surface area (Å²) in [7, 11) is 2.86. The molecule has 0 bridgehead atoms. The molecule has 1 amide bonds. The number of hydrogen-bond acceptors (Lipinski definition) is 5.